The summed E-state index contributed by atoms with van der Waals surface area (Å²) in [6.07, 6.45) is 2.62. The van der Waals surface area contributed by atoms with Crippen LogP contribution in [-0.2, 0) is 27.8 Å². The van der Waals surface area contributed by atoms with Crippen molar-refractivity contribution in [2.24, 2.45) is 13.0 Å². The number of ether oxygens (including phenoxy) is 1. The predicted molar refractivity (Wildman–Crippen MR) is 95.8 cm³/mol. The van der Waals surface area contributed by atoms with Crippen LogP contribution in [0.15, 0.2) is 30.5 Å². The third-order valence-corrected chi connectivity index (χ3v) is 4.83. The number of carboxylic acids is 1. The van der Waals surface area contributed by atoms with Crippen LogP contribution in [0.3, 0.4) is 0 Å². The maximum absolute atomic E-state index is 12.8. The minimum Gasteiger partial charge on any atom is -0.481 e. The lowest BCUT2D eigenvalue weighted by atomic mass is 9.94. The first-order chi connectivity index (χ1) is 12.5. The van der Waals surface area contributed by atoms with Gasteiger partial charge < -0.3 is 15.2 Å². The number of carboxylic acid groups (broad SMARTS) is 1. The van der Waals surface area contributed by atoms with E-state index in [-0.39, 0.29) is 24.3 Å². The zero-order valence-corrected chi connectivity index (χ0v) is 14.9. The molecule has 138 valence electrons. The number of aryl methyl sites for hydroxylation is 2. The highest BCUT2D eigenvalue weighted by Crippen LogP contribution is 2.36. The molecule has 1 fully saturated rings. The zero-order chi connectivity index (χ0) is 18.7. The van der Waals surface area contributed by atoms with Crippen molar-refractivity contribution in [2.75, 3.05) is 11.9 Å². The first-order valence-corrected chi connectivity index (χ1v) is 8.67. The minimum absolute atomic E-state index is 0.0657. The predicted octanol–water partition coefficient (Wildman–Crippen LogP) is 2.46. The molecule has 7 heteroatoms. The third-order valence-electron chi connectivity index (χ3n) is 4.83. The topological polar surface area (TPSA) is 93.4 Å². The average Bonchev–Trinajstić information content (AvgIpc) is 3.21. The van der Waals surface area contributed by atoms with Gasteiger partial charge in [0.05, 0.1) is 18.2 Å². The smallest absolute Gasteiger partial charge is 0.303 e. The van der Waals surface area contributed by atoms with Gasteiger partial charge in [0.15, 0.2) is 0 Å². The Bertz CT molecular complexity index is 815. The van der Waals surface area contributed by atoms with Gasteiger partial charge in [-0.15, -0.1) is 0 Å². The number of aromatic nitrogens is 2. The largest absolute Gasteiger partial charge is 0.481 e. The van der Waals surface area contributed by atoms with E-state index in [9.17, 15) is 9.59 Å². The normalized spacial score (nSPS) is 19.5. The molecule has 3 rings (SSSR count). The van der Waals surface area contributed by atoms with Gasteiger partial charge >= 0.3 is 5.97 Å². The molecule has 0 radical (unpaired) electrons. The summed E-state index contributed by atoms with van der Waals surface area (Å²) in [5.41, 5.74) is 3.49. The highest BCUT2D eigenvalue weighted by Gasteiger charge is 2.37. The second-order valence-electron chi connectivity index (χ2n) is 6.58. The molecule has 1 aliphatic heterocycles. The molecular weight excluding hydrogens is 334 g/mol. The third kappa shape index (κ3) is 3.94. The fraction of sp³-hybridized carbons (Fsp3) is 0.421. The lowest BCUT2D eigenvalue weighted by molar-refractivity contribution is -0.137. The molecule has 0 aliphatic carbocycles. The lowest BCUT2D eigenvalue weighted by Gasteiger charge is -2.18. The van der Waals surface area contributed by atoms with E-state index < -0.39 is 5.97 Å². The SMILES string of the molecule is Cc1c([C@H]2OCC[C@@H]2C(=O)Nc2cccc(CCC(=O)O)c2)cnn1C. The highest BCUT2D eigenvalue weighted by molar-refractivity contribution is 5.93. The van der Waals surface area contributed by atoms with Gasteiger partial charge in [-0.25, -0.2) is 0 Å². The molecule has 26 heavy (non-hydrogen) atoms. The summed E-state index contributed by atoms with van der Waals surface area (Å²) in [6.45, 7) is 2.50. The number of rotatable bonds is 6. The van der Waals surface area contributed by atoms with E-state index in [1.165, 1.54) is 0 Å². The number of hydrogen-bond donors (Lipinski definition) is 2. The number of carbonyl (C=O) groups is 2. The van der Waals surface area contributed by atoms with Crippen molar-refractivity contribution in [1.29, 1.82) is 0 Å². The van der Waals surface area contributed by atoms with Crippen LogP contribution in [0.2, 0.25) is 0 Å². The van der Waals surface area contributed by atoms with Crippen LogP contribution >= 0.6 is 0 Å². The van der Waals surface area contributed by atoms with E-state index >= 15 is 0 Å². The Balaban J connectivity index is 1.70. The maximum Gasteiger partial charge on any atom is 0.303 e. The fourth-order valence-corrected chi connectivity index (χ4v) is 3.25. The van der Waals surface area contributed by atoms with E-state index in [1.54, 1.807) is 10.9 Å². The van der Waals surface area contributed by atoms with Crippen LogP contribution in [0, 0.1) is 12.8 Å². The Kier molecular flexibility index (Phi) is 5.37. The molecule has 1 aromatic heterocycles. The number of aliphatic carboxylic acids is 1. The molecule has 1 aromatic carbocycles. The summed E-state index contributed by atoms with van der Waals surface area (Å²) >= 11 is 0. The Morgan fingerprint density at radius 3 is 2.92 bits per heavy atom. The quantitative estimate of drug-likeness (QED) is 0.828. The van der Waals surface area contributed by atoms with Gasteiger partial charge in [0.25, 0.3) is 0 Å². The van der Waals surface area contributed by atoms with Crippen LogP contribution in [-0.4, -0.2) is 33.4 Å². The van der Waals surface area contributed by atoms with Gasteiger partial charge in [0.2, 0.25) is 5.91 Å². The lowest BCUT2D eigenvalue weighted by Crippen LogP contribution is -2.25. The van der Waals surface area contributed by atoms with Crippen molar-refractivity contribution < 1.29 is 19.4 Å². The maximum atomic E-state index is 12.8. The molecule has 1 saturated heterocycles. The monoisotopic (exact) mass is 357 g/mol. The number of anilines is 1. The molecule has 2 heterocycles. The van der Waals surface area contributed by atoms with E-state index in [4.69, 9.17) is 9.84 Å². The molecule has 0 spiro atoms. The second-order valence-corrected chi connectivity index (χ2v) is 6.58. The Morgan fingerprint density at radius 1 is 1.42 bits per heavy atom. The van der Waals surface area contributed by atoms with Gasteiger partial charge in [-0.05, 0) is 37.5 Å². The Labute approximate surface area is 152 Å². The van der Waals surface area contributed by atoms with Crippen LogP contribution in [0.25, 0.3) is 0 Å². The number of nitrogens with one attached hydrogen (secondary N) is 1. The average molecular weight is 357 g/mol. The first-order valence-electron chi connectivity index (χ1n) is 8.67. The van der Waals surface area contributed by atoms with Crippen molar-refractivity contribution in [3.8, 4) is 0 Å². The molecule has 1 amide bonds. The van der Waals surface area contributed by atoms with Crippen molar-refractivity contribution in [2.45, 2.75) is 32.3 Å². The standard InChI is InChI=1S/C19H23N3O4/c1-12-16(11-20-22(12)2)18-15(8-9-26-18)19(25)21-14-5-3-4-13(10-14)6-7-17(23)24/h3-5,10-11,15,18H,6-9H2,1-2H3,(H,21,25)(H,23,24)/t15-,18-/m0/s1. The van der Waals surface area contributed by atoms with Gasteiger partial charge in [-0.2, -0.15) is 5.10 Å². The summed E-state index contributed by atoms with van der Waals surface area (Å²) < 4.78 is 7.59. The van der Waals surface area contributed by atoms with E-state index in [1.807, 2.05) is 38.2 Å². The molecule has 0 bridgehead atoms. The van der Waals surface area contributed by atoms with E-state index in [0.29, 0.717) is 25.1 Å². The van der Waals surface area contributed by atoms with Crippen LogP contribution in [0.4, 0.5) is 5.69 Å². The summed E-state index contributed by atoms with van der Waals surface area (Å²) in [4.78, 5) is 23.5. The van der Waals surface area contributed by atoms with Crippen molar-refractivity contribution in [3.63, 3.8) is 0 Å². The number of carbonyl (C=O) groups excluding carboxylic acids is 1. The molecule has 1 aliphatic rings. The summed E-state index contributed by atoms with van der Waals surface area (Å²) in [7, 11) is 1.87. The van der Waals surface area contributed by atoms with Crippen molar-refractivity contribution in [3.05, 3.63) is 47.3 Å². The van der Waals surface area contributed by atoms with Crippen LogP contribution in [0.1, 0.15) is 35.8 Å². The Hall–Kier alpha value is -2.67. The summed E-state index contributed by atoms with van der Waals surface area (Å²) in [6, 6.07) is 7.31. The number of benzene rings is 1. The number of amides is 1. The van der Waals surface area contributed by atoms with Gasteiger partial charge in [0.1, 0.15) is 0 Å². The molecule has 7 nitrogen and oxygen atoms in total. The molecular formula is C19H23N3O4. The van der Waals surface area contributed by atoms with Gasteiger partial charge in [-0.3, -0.25) is 14.3 Å². The second kappa shape index (κ2) is 7.70. The highest BCUT2D eigenvalue weighted by atomic mass is 16.5. The number of nitrogens with zero attached hydrogens (tertiary/aromatic N) is 2. The zero-order valence-electron chi connectivity index (χ0n) is 14.9. The fourth-order valence-electron chi connectivity index (χ4n) is 3.25. The molecule has 2 aromatic rings. The van der Waals surface area contributed by atoms with Gasteiger partial charge in [-0.1, -0.05) is 12.1 Å². The van der Waals surface area contributed by atoms with Crippen molar-refractivity contribution in [1.82, 2.24) is 9.78 Å². The van der Waals surface area contributed by atoms with Crippen molar-refractivity contribution >= 4 is 17.6 Å². The van der Waals surface area contributed by atoms with Crippen LogP contribution < -0.4 is 5.32 Å². The summed E-state index contributed by atoms with van der Waals surface area (Å²) in [5.74, 6) is -1.20. The first kappa shape index (κ1) is 18.1. The molecule has 2 N–H and O–H groups in total. The number of hydrogen-bond acceptors (Lipinski definition) is 4. The summed E-state index contributed by atoms with van der Waals surface area (Å²) in [5, 5.41) is 16.0. The molecule has 0 unspecified atom stereocenters. The minimum atomic E-state index is -0.836. The Morgan fingerprint density at radius 2 is 2.23 bits per heavy atom. The van der Waals surface area contributed by atoms with E-state index in [2.05, 4.69) is 10.4 Å². The molecule has 0 saturated carbocycles. The van der Waals surface area contributed by atoms with Crippen LogP contribution in [0.5, 0.6) is 0 Å². The molecule has 2 atom stereocenters. The van der Waals surface area contributed by atoms with Gasteiger partial charge in [0, 0.05) is 37.0 Å². The van der Waals surface area contributed by atoms with E-state index in [0.717, 1.165) is 16.8 Å².